The van der Waals surface area contributed by atoms with E-state index in [0.29, 0.717) is 61.6 Å². The number of hydrogen-bond donors (Lipinski definition) is 1. The van der Waals surface area contributed by atoms with Crippen LogP contribution in [0.15, 0.2) is 42.7 Å². The molecule has 1 unspecified atom stereocenters. The lowest BCUT2D eigenvalue weighted by atomic mass is 9.84. The third kappa shape index (κ3) is 12.5. The summed E-state index contributed by atoms with van der Waals surface area (Å²) in [6.07, 6.45) is 7.42. The highest BCUT2D eigenvalue weighted by Gasteiger charge is 2.32. The van der Waals surface area contributed by atoms with Crippen molar-refractivity contribution in [1.29, 1.82) is 0 Å². The number of esters is 1. The van der Waals surface area contributed by atoms with E-state index in [2.05, 4.69) is 16.8 Å². The minimum atomic E-state index is -0.669. The summed E-state index contributed by atoms with van der Waals surface area (Å²) in [5.74, 6) is 5.48. The van der Waals surface area contributed by atoms with Crippen molar-refractivity contribution in [3.63, 3.8) is 0 Å². The van der Waals surface area contributed by atoms with Crippen LogP contribution in [0.1, 0.15) is 116 Å². The summed E-state index contributed by atoms with van der Waals surface area (Å²) in [4.78, 5) is 60.5. The number of ether oxygens (including phenoxy) is 2. The summed E-state index contributed by atoms with van der Waals surface area (Å²) in [6.45, 7) is 13.3. The Balaban J connectivity index is 1.36. The Labute approximate surface area is 296 Å². The van der Waals surface area contributed by atoms with Crippen molar-refractivity contribution in [3.8, 4) is 17.6 Å². The summed E-state index contributed by atoms with van der Waals surface area (Å²) in [6, 6.07) is 8.51. The highest BCUT2D eigenvalue weighted by atomic mass is 16.6. The van der Waals surface area contributed by atoms with Gasteiger partial charge in [-0.1, -0.05) is 17.9 Å². The van der Waals surface area contributed by atoms with Crippen molar-refractivity contribution >= 4 is 23.8 Å². The quantitative estimate of drug-likeness (QED) is 0.230. The van der Waals surface area contributed by atoms with Gasteiger partial charge in [-0.2, -0.15) is 0 Å². The molecule has 0 spiro atoms. The van der Waals surface area contributed by atoms with Gasteiger partial charge in [0.1, 0.15) is 22.7 Å². The number of nitrogens with zero attached hydrogens (tertiary/aromatic N) is 3. The zero-order valence-corrected chi connectivity index (χ0v) is 30.5. The minimum absolute atomic E-state index is 0.0102. The molecule has 2 amide bonds. The number of carbonyl (C=O) groups is 4. The highest BCUT2D eigenvalue weighted by molar-refractivity contribution is 5.84. The van der Waals surface area contributed by atoms with Gasteiger partial charge in [-0.25, -0.2) is 4.79 Å². The van der Waals surface area contributed by atoms with Gasteiger partial charge in [-0.15, -0.1) is 0 Å². The maximum absolute atomic E-state index is 13.8. The van der Waals surface area contributed by atoms with Crippen LogP contribution >= 0.6 is 0 Å². The number of benzene rings is 1. The number of rotatable bonds is 9. The maximum Gasteiger partial charge on any atom is 0.410 e. The number of aromatic nitrogens is 1. The molecule has 2 aliphatic rings. The average molecular weight is 688 g/mol. The zero-order chi connectivity index (χ0) is 36.5. The Kier molecular flexibility index (Phi) is 13.1. The van der Waals surface area contributed by atoms with Crippen LogP contribution in [-0.2, 0) is 23.9 Å². The number of amides is 2. The van der Waals surface area contributed by atoms with E-state index < -0.39 is 23.1 Å². The molecule has 1 aromatic carbocycles. The van der Waals surface area contributed by atoms with E-state index in [4.69, 9.17) is 9.47 Å². The topological polar surface area (TPSA) is 126 Å². The first-order valence-electron chi connectivity index (χ1n) is 17.8. The average Bonchev–Trinajstić information content (AvgIpc) is 3.05. The predicted molar refractivity (Wildman–Crippen MR) is 190 cm³/mol. The van der Waals surface area contributed by atoms with Crippen molar-refractivity contribution in [2.75, 3.05) is 26.2 Å². The second-order valence-electron chi connectivity index (χ2n) is 15.6. The van der Waals surface area contributed by atoms with E-state index >= 15 is 0 Å². The number of Topliss-reactive ketones (excluding diaryl/α,β-unsaturated/α-hetero) is 1. The molecule has 2 fully saturated rings. The fraction of sp³-hybridized carbons (Fsp3) is 0.575. The van der Waals surface area contributed by atoms with Gasteiger partial charge in [0, 0.05) is 74.4 Å². The van der Waals surface area contributed by atoms with Crippen molar-refractivity contribution in [3.05, 3.63) is 59.4 Å². The van der Waals surface area contributed by atoms with Gasteiger partial charge in [-0.05, 0) is 109 Å². The number of pyridine rings is 1. The summed E-state index contributed by atoms with van der Waals surface area (Å²) in [5.41, 5.74) is 0.791. The monoisotopic (exact) mass is 687 g/mol. The number of aromatic hydroxyl groups is 1. The molecule has 2 aliphatic heterocycles. The number of hydrogen-bond acceptors (Lipinski definition) is 8. The molecule has 0 aliphatic carbocycles. The maximum atomic E-state index is 13.8. The number of phenols is 1. The van der Waals surface area contributed by atoms with Gasteiger partial charge in [-0.3, -0.25) is 19.4 Å². The van der Waals surface area contributed by atoms with Crippen LogP contribution in [0.5, 0.6) is 5.75 Å². The molecule has 0 bridgehead atoms. The Hall–Kier alpha value is -4.39. The number of carbonyl (C=O) groups excluding carboxylic acids is 4. The Morgan fingerprint density at radius 2 is 1.58 bits per heavy atom. The molecule has 50 heavy (non-hydrogen) atoms. The lowest BCUT2D eigenvalue weighted by Crippen LogP contribution is -2.43. The summed E-state index contributed by atoms with van der Waals surface area (Å²) >= 11 is 0. The smallest absolute Gasteiger partial charge is 0.410 e. The fourth-order valence-electron chi connectivity index (χ4n) is 6.46. The first-order valence-corrected chi connectivity index (χ1v) is 17.8. The van der Waals surface area contributed by atoms with E-state index in [-0.39, 0.29) is 42.3 Å². The van der Waals surface area contributed by atoms with Gasteiger partial charge >= 0.3 is 12.1 Å². The van der Waals surface area contributed by atoms with Crippen LogP contribution in [0.2, 0.25) is 0 Å². The van der Waals surface area contributed by atoms with Gasteiger partial charge in [0.05, 0.1) is 6.42 Å². The van der Waals surface area contributed by atoms with Crippen LogP contribution in [0.4, 0.5) is 4.79 Å². The van der Waals surface area contributed by atoms with Crippen LogP contribution < -0.4 is 0 Å². The minimum Gasteiger partial charge on any atom is -0.508 e. The molecule has 4 rings (SSSR count). The third-order valence-corrected chi connectivity index (χ3v) is 8.97. The Morgan fingerprint density at radius 1 is 0.880 bits per heavy atom. The van der Waals surface area contributed by atoms with Crippen molar-refractivity contribution in [2.24, 2.45) is 11.8 Å². The Morgan fingerprint density at radius 3 is 2.26 bits per heavy atom. The molecule has 1 N–H and O–H groups in total. The molecular formula is C40H53N3O7. The van der Waals surface area contributed by atoms with Gasteiger partial charge in [0.2, 0.25) is 5.91 Å². The Bertz CT molecular complexity index is 1570. The van der Waals surface area contributed by atoms with E-state index in [1.165, 1.54) is 0 Å². The molecule has 2 aromatic rings. The first-order chi connectivity index (χ1) is 23.5. The van der Waals surface area contributed by atoms with E-state index in [0.717, 1.165) is 25.7 Å². The molecule has 2 saturated heterocycles. The number of likely N-dealkylation sites (tertiary alicyclic amines) is 2. The normalized spacial score (nSPS) is 17.7. The molecule has 270 valence electrons. The van der Waals surface area contributed by atoms with Crippen LogP contribution in [0.3, 0.4) is 0 Å². The highest BCUT2D eigenvalue weighted by Crippen LogP contribution is 2.30. The molecule has 0 saturated carbocycles. The predicted octanol–water partition coefficient (Wildman–Crippen LogP) is 6.63. The molecule has 3 heterocycles. The second kappa shape index (κ2) is 17.0. The lowest BCUT2D eigenvalue weighted by Gasteiger charge is -2.35. The van der Waals surface area contributed by atoms with Crippen LogP contribution in [-0.4, -0.2) is 81.0 Å². The number of piperidine rings is 2. The van der Waals surface area contributed by atoms with Crippen molar-refractivity contribution in [2.45, 2.75) is 110 Å². The van der Waals surface area contributed by atoms with E-state index in [1.54, 1.807) is 41.6 Å². The summed E-state index contributed by atoms with van der Waals surface area (Å²) in [7, 11) is 0. The van der Waals surface area contributed by atoms with Crippen molar-refractivity contribution < 1.29 is 33.8 Å². The molecule has 10 heteroatoms. The molecule has 1 aromatic heterocycles. The van der Waals surface area contributed by atoms with Crippen LogP contribution in [0.25, 0.3) is 0 Å². The summed E-state index contributed by atoms with van der Waals surface area (Å²) in [5, 5.41) is 9.77. The molecule has 0 radical (unpaired) electrons. The largest absolute Gasteiger partial charge is 0.508 e. The van der Waals surface area contributed by atoms with E-state index in [1.807, 2.05) is 52.5 Å². The van der Waals surface area contributed by atoms with E-state index in [9.17, 15) is 24.3 Å². The lowest BCUT2D eigenvalue weighted by molar-refractivity contribution is -0.155. The molecule has 10 nitrogen and oxygen atoms in total. The van der Waals surface area contributed by atoms with Crippen LogP contribution in [0, 0.1) is 23.7 Å². The standard InChI is InChI=1S/C40H53N3O7/c1-39(2,3)49-37(47)24-32(33-21-30(25-41-26-33)13-12-29-9-7-11-34(44)22-29)23-35(45)31-10-8-18-43(27-31)36(46)15-14-28-16-19-42(20-17-28)38(48)50-40(4,5)6/h7,9,11,21-22,25-26,28,31-32,44H,8,10,14-20,23-24,27H2,1-6H3/t31-,32?/m1/s1. The van der Waals surface area contributed by atoms with Crippen molar-refractivity contribution in [1.82, 2.24) is 14.8 Å². The number of phenolic OH excluding ortho intramolecular Hbond substituents is 1. The van der Waals surface area contributed by atoms with Gasteiger partial charge in [0.25, 0.3) is 0 Å². The fourth-order valence-corrected chi connectivity index (χ4v) is 6.46. The first kappa shape index (κ1) is 38.4. The molecule has 2 atom stereocenters. The SMILES string of the molecule is CC(C)(C)OC(=O)CC(CC(=O)[C@@H]1CCCN(C(=O)CCC2CCN(C(=O)OC(C)(C)C)CC2)C1)c1cncc(C#Cc2cccc(O)c2)c1. The zero-order valence-electron chi connectivity index (χ0n) is 30.5. The second-order valence-corrected chi connectivity index (χ2v) is 15.6. The summed E-state index contributed by atoms with van der Waals surface area (Å²) < 4.78 is 11.1. The number of ketones is 1. The van der Waals surface area contributed by atoms with Gasteiger partial charge < -0.3 is 24.4 Å². The third-order valence-electron chi connectivity index (χ3n) is 8.97. The molecular weight excluding hydrogens is 634 g/mol. The van der Waals surface area contributed by atoms with Gasteiger partial charge in [0.15, 0.2) is 0 Å².